The van der Waals surface area contributed by atoms with Gasteiger partial charge in [-0.15, -0.1) is 0 Å². The number of benzene rings is 1. The molecule has 1 atom stereocenters. The van der Waals surface area contributed by atoms with E-state index in [1.807, 2.05) is 42.5 Å². The van der Waals surface area contributed by atoms with Crippen molar-refractivity contribution in [3.8, 4) is 0 Å². The maximum atomic E-state index is 12.2. The van der Waals surface area contributed by atoms with Crippen LogP contribution in [0.2, 0.25) is 0 Å². The molecule has 4 heteroatoms. The second-order valence-electron chi connectivity index (χ2n) is 5.47. The fourth-order valence-corrected chi connectivity index (χ4v) is 2.57. The van der Waals surface area contributed by atoms with Gasteiger partial charge in [0.25, 0.3) is 0 Å². The third-order valence-electron chi connectivity index (χ3n) is 3.76. The third-order valence-corrected chi connectivity index (χ3v) is 3.76. The minimum absolute atomic E-state index is 0.00750. The molecule has 0 radical (unpaired) electrons. The lowest BCUT2D eigenvalue weighted by atomic mass is 9.99. The number of rotatable bonds is 7. The van der Waals surface area contributed by atoms with Gasteiger partial charge in [0.1, 0.15) is 0 Å². The molecule has 1 aromatic rings. The van der Waals surface area contributed by atoms with Crippen LogP contribution in [-0.4, -0.2) is 23.0 Å². The molecule has 2 rings (SSSR count). The Labute approximate surface area is 124 Å². The van der Waals surface area contributed by atoms with Crippen LogP contribution in [0.1, 0.15) is 31.2 Å². The minimum Gasteiger partial charge on any atom is -0.481 e. The number of carboxylic acids is 1. The van der Waals surface area contributed by atoms with Gasteiger partial charge in [0.2, 0.25) is 5.91 Å². The molecule has 0 heterocycles. The topological polar surface area (TPSA) is 66.4 Å². The van der Waals surface area contributed by atoms with E-state index in [9.17, 15) is 9.59 Å². The average Bonchev–Trinajstić information content (AvgIpc) is 3.00. The normalized spacial score (nSPS) is 15.8. The van der Waals surface area contributed by atoms with Crippen molar-refractivity contribution >= 4 is 11.9 Å². The summed E-state index contributed by atoms with van der Waals surface area (Å²) >= 11 is 0. The molecule has 0 spiro atoms. The number of nitrogens with one attached hydrogen (secondary N) is 1. The summed E-state index contributed by atoms with van der Waals surface area (Å²) in [5, 5.41) is 11.9. The van der Waals surface area contributed by atoms with E-state index in [0.717, 1.165) is 18.4 Å². The van der Waals surface area contributed by atoms with Crippen LogP contribution in [0.5, 0.6) is 0 Å². The lowest BCUT2D eigenvalue weighted by Gasteiger charge is -2.20. The van der Waals surface area contributed by atoms with Crippen LogP contribution >= 0.6 is 0 Å². The Morgan fingerprint density at radius 3 is 2.48 bits per heavy atom. The Kier molecular flexibility index (Phi) is 5.55. The molecule has 4 nitrogen and oxygen atoms in total. The smallest absolute Gasteiger partial charge is 0.303 e. The zero-order chi connectivity index (χ0) is 15.1. The molecule has 21 heavy (non-hydrogen) atoms. The van der Waals surface area contributed by atoms with Crippen molar-refractivity contribution in [3.63, 3.8) is 0 Å². The predicted molar refractivity (Wildman–Crippen MR) is 80.8 cm³/mol. The summed E-state index contributed by atoms with van der Waals surface area (Å²) in [5.74, 6) is -0.788. The van der Waals surface area contributed by atoms with Crippen LogP contribution in [0.15, 0.2) is 42.5 Å². The number of carbonyl (C=O) groups is 2. The highest BCUT2D eigenvalue weighted by molar-refractivity contribution is 5.79. The molecule has 1 aliphatic rings. The van der Waals surface area contributed by atoms with Crippen LogP contribution in [0.4, 0.5) is 0 Å². The second-order valence-corrected chi connectivity index (χ2v) is 5.47. The lowest BCUT2D eigenvalue weighted by Crippen LogP contribution is -2.40. The largest absolute Gasteiger partial charge is 0.481 e. The molecular weight excluding hydrogens is 266 g/mol. The van der Waals surface area contributed by atoms with Crippen molar-refractivity contribution in [3.05, 3.63) is 48.0 Å². The van der Waals surface area contributed by atoms with Crippen LogP contribution in [0.25, 0.3) is 0 Å². The van der Waals surface area contributed by atoms with Crippen molar-refractivity contribution in [2.45, 2.75) is 38.1 Å². The molecule has 112 valence electrons. The van der Waals surface area contributed by atoms with Crippen LogP contribution < -0.4 is 5.32 Å². The quantitative estimate of drug-likeness (QED) is 0.757. The number of hydrogen-bond acceptors (Lipinski definition) is 2. The van der Waals surface area contributed by atoms with E-state index in [0.29, 0.717) is 12.8 Å². The van der Waals surface area contributed by atoms with Gasteiger partial charge in [-0.1, -0.05) is 42.5 Å². The zero-order valence-corrected chi connectivity index (χ0v) is 12.0. The molecule has 0 saturated heterocycles. The van der Waals surface area contributed by atoms with E-state index >= 15 is 0 Å². The molecule has 0 aromatic heterocycles. The first-order valence-electron chi connectivity index (χ1n) is 7.36. The van der Waals surface area contributed by atoms with Crippen LogP contribution in [0, 0.1) is 5.92 Å². The monoisotopic (exact) mass is 287 g/mol. The SMILES string of the molecule is O=C(O)CCC(Cc1ccccc1)NC(=O)C1CC=CC1. The van der Waals surface area contributed by atoms with Gasteiger partial charge in [0, 0.05) is 18.4 Å². The highest BCUT2D eigenvalue weighted by Gasteiger charge is 2.22. The van der Waals surface area contributed by atoms with Gasteiger partial charge in [0.15, 0.2) is 0 Å². The maximum absolute atomic E-state index is 12.2. The van der Waals surface area contributed by atoms with E-state index in [1.54, 1.807) is 0 Å². The van der Waals surface area contributed by atoms with Crippen LogP contribution in [-0.2, 0) is 16.0 Å². The highest BCUT2D eigenvalue weighted by Crippen LogP contribution is 2.18. The highest BCUT2D eigenvalue weighted by atomic mass is 16.4. The van der Waals surface area contributed by atoms with E-state index < -0.39 is 5.97 Å². The van der Waals surface area contributed by atoms with Crippen molar-refractivity contribution in [2.24, 2.45) is 5.92 Å². The summed E-state index contributed by atoms with van der Waals surface area (Å²) in [4.78, 5) is 23.0. The van der Waals surface area contributed by atoms with Crippen molar-refractivity contribution < 1.29 is 14.7 Å². The number of carboxylic acid groups (broad SMARTS) is 1. The fraction of sp³-hybridized carbons (Fsp3) is 0.412. The van der Waals surface area contributed by atoms with Gasteiger partial charge in [-0.05, 0) is 31.2 Å². The van der Waals surface area contributed by atoms with Crippen molar-refractivity contribution in [1.29, 1.82) is 0 Å². The molecular formula is C17H21NO3. The first kappa shape index (κ1) is 15.3. The van der Waals surface area contributed by atoms with E-state index in [-0.39, 0.29) is 24.3 Å². The predicted octanol–water partition coefficient (Wildman–Crippen LogP) is 2.54. The Morgan fingerprint density at radius 2 is 1.86 bits per heavy atom. The lowest BCUT2D eigenvalue weighted by molar-refractivity contribution is -0.137. The number of aliphatic carboxylic acids is 1. The number of hydrogen-bond donors (Lipinski definition) is 2. The summed E-state index contributed by atoms with van der Waals surface area (Å²) in [5.41, 5.74) is 1.11. The van der Waals surface area contributed by atoms with Gasteiger partial charge < -0.3 is 10.4 Å². The Hall–Kier alpha value is -2.10. The fourth-order valence-electron chi connectivity index (χ4n) is 2.57. The molecule has 0 saturated carbocycles. The molecule has 1 amide bonds. The van der Waals surface area contributed by atoms with Gasteiger partial charge >= 0.3 is 5.97 Å². The molecule has 1 unspecified atom stereocenters. The summed E-state index contributed by atoms with van der Waals surface area (Å²) in [6.45, 7) is 0. The number of amides is 1. The van der Waals surface area contributed by atoms with Gasteiger partial charge in [0.05, 0.1) is 0 Å². The van der Waals surface area contributed by atoms with Crippen molar-refractivity contribution in [1.82, 2.24) is 5.32 Å². The Bertz CT molecular complexity index is 502. The summed E-state index contributed by atoms with van der Waals surface area (Å²) in [6, 6.07) is 9.71. The minimum atomic E-state index is -0.829. The molecule has 0 aliphatic heterocycles. The molecule has 0 fully saturated rings. The summed E-state index contributed by atoms with van der Waals surface area (Å²) < 4.78 is 0. The van der Waals surface area contributed by atoms with E-state index in [2.05, 4.69) is 5.32 Å². The van der Waals surface area contributed by atoms with Crippen molar-refractivity contribution in [2.75, 3.05) is 0 Å². The zero-order valence-electron chi connectivity index (χ0n) is 12.0. The molecule has 2 N–H and O–H groups in total. The first-order valence-corrected chi connectivity index (χ1v) is 7.36. The Balaban J connectivity index is 1.94. The van der Waals surface area contributed by atoms with Gasteiger partial charge in [-0.3, -0.25) is 9.59 Å². The standard InChI is InChI=1S/C17H21NO3/c19-16(20)11-10-15(12-13-6-2-1-3-7-13)18-17(21)14-8-4-5-9-14/h1-7,14-15H,8-12H2,(H,18,21)(H,19,20). The van der Waals surface area contributed by atoms with E-state index in [1.165, 1.54) is 0 Å². The average molecular weight is 287 g/mol. The number of carbonyl (C=O) groups excluding carboxylic acids is 1. The van der Waals surface area contributed by atoms with E-state index in [4.69, 9.17) is 5.11 Å². The summed E-state index contributed by atoms with van der Waals surface area (Å²) in [7, 11) is 0. The number of allylic oxidation sites excluding steroid dienone is 2. The second kappa shape index (κ2) is 7.62. The molecule has 1 aliphatic carbocycles. The maximum Gasteiger partial charge on any atom is 0.303 e. The Morgan fingerprint density at radius 1 is 1.19 bits per heavy atom. The van der Waals surface area contributed by atoms with Gasteiger partial charge in [-0.25, -0.2) is 0 Å². The molecule has 0 bridgehead atoms. The summed E-state index contributed by atoms with van der Waals surface area (Å²) in [6.07, 6.45) is 6.80. The van der Waals surface area contributed by atoms with Gasteiger partial charge in [-0.2, -0.15) is 0 Å². The first-order chi connectivity index (χ1) is 10.1. The third kappa shape index (κ3) is 5.06. The van der Waals surface area contributed by atoms with Crippen LogP contribution in [0.3, 0.4) is 0 Å². The molecule has 1 aromatic carbocycles.